The number of benzene rings is 2. The zero-order valence-corrected chi connectivity index (χ0v) is 11.8. The number of carbonyl (C=O) groups excluding carboxylic acids is 1. The van der Waals surface area contributed by atoms with Gasteiger partial charge in [0.2, 0.25) is 5.91 Å². The van der Waals surface area contributed by atoms with Gasteiger partial charge in [-0.2, -0.15) is 0 Å². The Kier molecular flexibility index (Phi) is 4.70. The molecule has 2 aromatic carbocycles. The van der Waals surface area contributed by atoms with Crippen molar-refractivity contribution < 1.29 is 14.3 Å². The molecule has 3 nitrogen and oxygen atoms in total. The quantitative estimate of drug-likeness (QED) is 0.888. The van der Waals surface area contributed by atoms with E-state index in [4.69, 9.17) is 0 Å². The van der Waals surface area contributed by atoms with Crippen molar-refractivity contribution in [2.24, 2.45) is 0 Å². The normalized spacial score (nSPS) is 13.5. The molecule has 2 rings (SSSR count). The molecule has 0 fully saturated rings. The van der Waals surface area contributed by atoms with E-state index in [0.717, 1.165) is 0 Å². The third-order valence-electron chi connectivity index (χ3n) is 3.28. The zero-order chi connectivity index (χ0) is 15.3. The van der Waals surface area contributed by atoms with Gasteiger partial charge in [-0.25, -0.2) is 4.39 Å². The predicted molar refractivity (Wildman–Crippen MR) is 78.9 cm³/mol. The Morgan fingerprint density at radius 1 is 1.19 bits per heavy atom. The van der Waals surface area contributed by atoms with Gasteiger partial charge in [0.25, 0.3) is 0 Å². The third kappa shape index (κ3) is 4.39. The monoisotopic (exact) mass is 287 g/mol. The van der Waals surface area contributed by atoms with E-state index >= 15 is 0 Å². The molecule has 110 valence electrons. The van der Waals surface area contributed by atoms with Crippen LogP contribution in [0.4, 0.5) is 4.39 Å². The number of nitrogens with one attached hydrogen (secondary N) is 1. The summed E-state index contributed by atoms with van der Waals surface area (Å²) in [5.41, 5.74) is 0.140. The Balaban J connectivity index is 1.92. The van der Waals surface area contributed by atoms with Crippen LogP contribution >= 0.6 is 0 Å². The molecule has 0 aliphatic carbocycles. The van der Waals surface area contributed by atoms with Crippen LogP contribution in [0.15, 0.2) is 54.6 Å². The first kappa shape index (κ1) is 15.2. The van der Waals surface area contributed by atoms with E-state index in [1.54, 1.807) is 31.2 Å². The van der Waals surface area contributed by atoms with E-state index < -0.39 is 5.60 Å². The fourth-order valence-electron chi connectivity index (χ4n) is 2.12. The first-order chi connectivity index (χ1) is 9.97. The molecule has 0 spiro atoms. The molecule has 21 heavy (non-hydrogen) atoms. The van der Waals surface area contributed by atoms with Crippen LogP contribution in [0, 0.1) is 5.82 Å². The lowest BCUT2D eigenvalue weighted by atomic mass is 9.92. The van der Waals surface area contributed by atoms with Crippen molar-refractivity contribution in [3.05, 3.63) is 71.5 Å². The summed E-state index contributed by atoms with van der Waals surface area (Å²) in [6.07, 6.45) is -0.0493. The standard InChI is InChI=1S/C17H18FNO2/c1-17(21,14-7-3-2-4-8-14)11-16(20)19-12-13-6-5-9-15(18)10-13/h2-10,21H,11-12H2,1H3,(H,19,20). The molecule has 4 heteroatoms. The van der Waals surface area contributed by atoms with Gasteiger partial charge >= 0.3 is 0 Å². The lowest BCUT2D eigenvalue weighted by molar-refractivity contribution is -0.126. The molecule has 0 bridgehead atoms. The first-order valence-electron chi connectivity index (χ1n) is 6.76. The summed E-state index contributed by atoms with van der Waals surface area (Å²) in [6, 6.07) is 15.1. The summed E-state index contributed by atoms with van der Waals surface area (Å²) < 4.78 is 13.0. The molecule has 0 saturated heterocycles. The van der Waals surface area contributed by atoms with Gasteiger partial charge in [-0.1, -0.05) is 42.5 Å². The topological polar surface area (TPSA) is 49.3 Å². The predicted octanol–water partition coefficient (Wildman–Crippen LogP) is 2.74. The smallest absolute Gasteiger partial charge is 0.223 e. The van der Waals surface area contributed by atoms with E-state index in [1.807, 2.05) is 18.2 Å². The second-order valence-electron chi connectivity index (χ2n) is 5.22. The third-order valence-corrected chi connectivity index (χ3v) is 3.28. The summed E-state index contributed by atoms with van der Waals surface area (Å²) in [5, 5.41) is 13.1. The summed E-state index contributed by atoms with van der Waals surface area (Å²) in [7, 11) is 0. The average molecular weight is 287 g/mol. The van der Waals surface area contributed by atoms with Crippen LogP contribution in [-0.2, 0) is 16.9 Å². The van der Waals surface area contributed by atoms with Gasteiger partial charge < -0.3 is 10.4 Å². The highest BCUT2D eigenvalue weighted by Crippen LogP contribution is 2.23. The molecule has 0 heterocycles. The Labute approximate surface area is 123 Å². The molecule has 1 atom stereocenters. The minimum Gasteiger partial charge on any atom is -0.385 e. The molecule has 2 N–H and O–H groups in total. The Bertz CT molecular complexity index is 611. The Hall–Kier alpha value is -2.20. The Morgan fingerprint density at radius 2 is 1.90 bits per heavy atom. The number of carbonyl (C=O) groups is 1. The summed E-state index contributed by atoms with van der Waals surface area (Å²) >= 11 is 0. The van der Waals surface area contributed by atoms with Gasteiger partial charge in [0.05, 0.1) is 12.0 Å². The average Bonchev–Trinajstić information content (AvgIpc) is 2.46. The van der Waals surface area contributed by atoms with Gasteiger partial charge in [-0.3, -0.25) is 4.79 Å². The van der Waals surface area contributed by atoms with Gasteiger partial charge in [0, 0.05) is 6.54 Å². The molecule has 0 radical (unpaired) electrons. The molecule has 0 saturated carbocycles. The van der Waals surface area contributed by atoms with Crippen LogP contribution in [0.2, 0.25) is 0 Å². The van der Waals surface area contributed by atoms with Crippen LogP contribution in [0.1, 0.15) is 24.5 Å². The van der Waals surface area contributed by atoms with Crippen LogP contribution < -0.4 is 5.32 Å². The lowest BCUT2D eigenvalue weighted by Gasteiger charge is -2.23. The van der Waals surface area contributed by atoms with Gasteiger partial charge in [-0.15, -0.1) is 0 Å². The highest BCUT2D eigenvalue weighted by atomic mass is 19.1. The molecule has 0 aliphatic heterocycles. The van der Waals surface area contributed by atoms with Crippen LogP contribution in [-0.4, -0.2) is 11.0 Å². The maximum atomic E-state index is 13.0. The molecule has 0 aliphatic rings. The minimum absolute atomic E-state index is 0.0493. The van der Waals surface area contributed by atoms with Gasteiger partial charge in [0.15, 0.2) is 0 Å². The van der Waals surface area contributed by atoms with Crippen molar-refractivity contribution in [1.29, 1.82) is 0 Å². The molecular weight excluding hydrogens is 269 g/mol. The SMILES string of the molecule is CC(O)(CC(=O)NCc1cccc(F)c1)c1ccccc1. The molecule has 2 aromatic rings. The lowest BCUT2D eigenvalue weighted by Crippen LogP contribution is -2.32. The molecular formula is C17H18FNO2. The van der Waals surface area contributed by atoms with E-state index in [0.29, 0.717) is 11.1 Å². The van der Waals surface area contributed by atoms with Crippen molar-refractivity contribution in [1.82, 2.24) is 5.32 Å². The van der Waals surface area contributed by atoms with Crippen molar-refractivity contribution in [2.45, 2.75) is 25.5 Å². The maximum absolute atomic E-state index is 13.0. The van der Waals surface area contributed by atoms with Crippen LogP contribution in [0.5, 0.6) is 0 Å². The maximum Gasteiger partial charge on any atom is 0.223 e. The van der Waals surface area contributed by atoms with Crippen molar-refractivity contribution in [3.63, 3.8) is 0 Å². The highest BCUT2D eigenvalue weighted by Gasteiger charge is 2.26. The number of rotatable bonds is 5. The van der Waals surface area contributed by atoms with Gasteiger partial charge in [0.1, 0.15) is 5.82 Å². The van der Waals surface area contributed by atoms with E-state index in [2.05, 4.69) is 5.32 Å². The fraction of sp³-hybridized carbons (Fsp3) is 0.235. The van der Waals surface area contributed by atoms with E-state index in [-0.39, 0.29) is 24.7 Å². The summed E-state index contributed by atoms with van der Waals surface area (Å²) in [6.45, 7) is 1.84. The molecule has 1 amide bonds. The highest BCUT2D eigenvalue weighted by molar-refractivity contribution is 5.77. The summed E-state index contributed by atoms with van der Waals surface area (Å²) in [4.78, 5) is 11.9. The second-order valence-corrected chi connectivity index (χ2v) is 5.22. The number of halogens is 1. The Morgan fingerprint density at radius 3 is 2.57 bits per heavy atom. The van der Waals surface area contributed by atoms with E-state index in [1.165, 1.54) is 12.1 Å². The summed E-state index contributed by atoms with van der Waals surface area (Å²) in [5.74, 6) is -0.619. The first-order valence-corrected chi connectivity index (χ1v) is 6.76. The van der Waals surface area contributed by atoms with Crippen molar-refractivity contribution >= 4 is 5.91 Å². The van der Waals surface area contributed by atoms with Crippen molar-refractivity contribution in [2.75, 3.05) is 0 Å². The molecule has 0 aromatic heterocycles. The molecule has 1 unspecified atom stereocenters. The van der Waals surface area contributed by atoms with Crippen LogP contribution in [0.25, 0.3) is 0 Å². The number of hydrogen-bond acceptors (Lipinski definition) is 2. The van der Waals surface area contributed by atoms with Gasteiger partial charge in [-0.05, 0) is 30.2 Å². The minimum atomic E-state index is -1.23. The zero-order valence-electron chi connectivity index (χ0n) is 11.8. The number of hydrogen-bond donors (Lipinski definition) is 2. The van der Waals surface area contributed by atoms with Crippen molar-refractivity contribution in [3.8, 4) is 0 Å². The van der Waals surface area contributed by atoms with Crippen LogP contribution in [0.3, 0.4) is 0 Å². The second kappa shape index (κ2) is 6.50. The van der Waals surface area contributed by atoms with E-state index in [9.17, 15) is 14.3 Å². The number of aliphatic hydroxyl groups is 1. The fourth-order valence-corrected chi connectivity index (χ4v) is 2.12. The largest absolute Gasteiger partial charge is 0.385 e. The number of amides is 1.